The molecule has 98 valence electrons. The van der Waals surface area contributed by atoms with Crippen molar-refractivity contribution in [1.29, 1.82) is 0 Å². The molecular formula is C15H13Br2NO. The summed E-state index contributed by atoms with van der Waals surface area (Å²) in [6.45, 7) is 1.92. The van der Waals surface area contributed by atoms with Crippen molar-refractivity contribution in [2.24, 2.45) is 0 Å². The van der Waals surface area contributed by atoms with Gasteiger partial charge >= 0.3 is 0 Å². The van der Waals surface area contributed by atoms with Gasteiger partial charge in [-0.15, -0.1) is 0 Å². The molecule has 0 unspecified atom stereocenters. The lowest BCUT2D eigenvalue weighted by molar-refractivity contribution is 0.102. The summed E-state index contributed by atoms with van der Waals surface area (Å²) in [7, 11) is 0. The van der Waals surface area contributed by atoms with E-state index in [2.05, 4.69) is 37.2 Å². The SMILES string of the molecule is Cc1c(Br)cccc1C(=O)Nc1ccc(CBr)cc1. The third-order valence-corrected chi connectivity index (χ3v) is 4.38. The van der Waals surface area contributed by atoms with Gasteiger partial charge in [-0.2, -0.15) is 0 Å². The summed E-state index contributed by atoms with van der Waals surface area (Å²) in [5, 5.41) is 3.71. The molecule has 0 aliphatic carbocycles. The molecule has 0 aromatic heterocycles. The smallest absolute Gasteiger partial charge is 0.255 e. The lowest BCUT2D eigenvalue weighted by Gasteiger charge is -2.09. The Labute approximate surface area is 129 Å². The van der Waals surface area contributed by atoms with Crippen molar-refractivity contribution < 1.29 is 4.79 Å². The van der Waals surface area contributed by atoms with E-state index in [1.54, 1.807) is 0 Å². The van der Waals surface area contributed by atoms with Gasteiger partial charge in [0.05, 0.1) is 0 Å². The van der Waals surface area contributed by atoms with Crippen LogP contribution in [0.3, 0.4) is 0 Å². The van der Waals surface area contributed by atoms with Gasteiger partial charge in [0.15, 0.2) is 0 Å². The first-order valence-electron chi connectivity index (χ1n) is 5.83. The van der Waals surface area contributed by atoms with Crippen molar-refractivity contribution in [2.75, 3.05) is 5.32 Å². The maximum Gasteiger partial charge on any atom is 0.255 e. The number of hydrogen-bond donors (Lipinski definition) is 1. The molecule has 2 rings (SSSR count). The van der Waals surface area contributed by atoms with Gasteiger partial charge in [0.2, 0.25) is 0 Å². The Hall–Kier alpha value is -1.13. The van der Waals surface area contributed by atoms with Crippen LogP contribution in [-0.4, -0.2) is 5.91 Å². The number of amides is 1. The topological polar surface area (TPSA) is 29.1 Å². The molecule has 0 saturated carbocycles. The maximum atomic E-state index is 12.2. The highest BCUT2D eigenvalue weighted by molar-refractivity contribution is 9.10. The molecule has 1 N–H and O–H groups in total. The van der Waals surface area contributed by atoms with Crippen LogP contribution in [-0.2, 0) is 5.33 Å². The average molecular weight is 383 g/mol. The minimum Gasteiger partial charge on any atom is -0.322 e. The van der Waals surface area contributed by atoms with Crippen molar-refractivity contribution >= 4 is 43.5 Å². The molecule has 0 radical (unpaired) electrons. The second-order valence-corrected chi connectivity index (χ2v) is 5.61. The quantitative estimate of drug-likeness (QED) is 0.751. The van der Waals surface area contributed by atoms with E-state index in [4.69, 9.17) is 0 Å². The van der Waals surface area contributed by atoms with Gasteiger partial charge < -0.3 is 5.32 Å². The lowest BCUT2D eigenvalue weighted by Crippen LogP contribution is -2.13. The number of hydrogen-bond acceptors (Lipinski definition) is 1. The van der Waals surface area contributed by atoms with Gasteiger partial charge in [-0.1, -0.05) is 50.1 Å². The summed E-state index contributed by atoms with van der Waals surface area (Å²) in [5.74, 6) is -0.0922. The Morgan fingerprint density at radius 2 is 1.84 bits per heavy atom. The molecule has 0 bridgehead atoms. The highest BCUT2D eigenvalue weighted by Crippen LogP contribution is 2.20. The Bertz CT molecular complexity index is 594. The standard InChI is InChI=1S/C15H13Br2NO/c1-10-13(3-2-4-14(10)17)15(19)18-12-7-5-11(9-16)6-8-12/h2-8H,9H2,1H3,(H,18,19). The first kappa shape index (κ1) is 14.3. The molecule has 2 aromatic rings. The predicted molar refractivity (Wildman–Crippen MR) is 85.9 cm³/mol. The number of anilines is 1. The van der Waals surface area contributed by atoms with Crippen molar-refractivity contribution in [3.05, 3.63) is 63.6 Å². The summed E-state index contributed by atoms with van der Waals surface area (Å²) in [5.41, 5.74) is 3.60. The Morgan fingerprint density at radius 3 is 2.47 bits per heavy atom. The highest BCUT2D eigenvalue weighted by atomic mass is 79.9. The van der Waals surface area contributed by atoms with Gasteiger partial charge in [0.25, 0.3) is 5.91 Å². The van der Waals surface area contributed by atoms with Crippen LogP contribution in [0.25, 0.3) is 0 Å². The molecule has 2 aromatic carbocycles. The van der Waals surface area contributed by atoms with Crippen LogP contribution in [0.1, 0.15) is 21.5 Å². The van der Waals surface area contributed by atoms with E-state index in [9.17, 15) is 4.79 Å². The zero-order chi connectivity index (χ0) is 13.8. The van der Waals surface area contributed by atoms with E-state index in [0.717, 1.165) is 21.1 Å². The Balaban J connectivity index is 2.18. The van der Waals surface area contributed by atoms with E-state index in [-0.39, 0.29) is 5.91 Å². The van der Waals surface area contributed by atoms with Gasteiger partial charge in [-0.25, -0.2) is 0 Å². The molecule has 0 spiro atoms. The van der Waals surface area contributed by atoms with Crippen LogP contribution in [0.15, 0.2) is 46.9 Å². The largest absolute Gasteiger partial charge is 0.322 e. The third kappa shape index (κ3) is 3.45. The number of carbonyl (C=O) groups is 1. The summed E-state index contributed by atoms with van der Waals surface area (Å²) >= 11 is 6.83. The molecule has 4 heteroatoms. The van der Waals surface area contributed by atoms with E-state index in [1.165, 1.54) is 5.56 Å². The average Bonchev–Trinajstić information content (AvgIpc) is 2.42. The molecule has 0 aliphatic rings. The van der Waals surface area contributed by atoms with Gasteiger partial charge in [-0.3, -0.25) is 4.79 Å². The number of alkyl halides is 1. The van der Waals surface area contributed by atoms with Crippen LogP contribution >= 0.6 is 31.9 Å². The molecule has 2 nitrogen and oxygen atoms in total. The van der Waals surface area contributed by atoms with Gasteiger partial charge in [0.1, 0.15) is 0 Å². The molecule has 19 heavy (non-hydrogen) atoms. The minimum atomic E-state index is -0.0922. The number of rotatable bonds is 3. The highest BCUT2D eigenvalue weighted by Gasteiger charge is 2.10. The zero-order valence-electron chi connectivity index (χ0n) is 10.4. The summed E-state index contributed by atoms with van der Waals surface area (Å²) in [6, 6.07) is 13.4. The first-order chi connectivity index (χ1) is 9.11. The molecule has 0 saturated heterocycles. The van der Waals surface area contributed by atoms with Crippen molar-refractivity contribution in [2.45, 2.75) is 12.3 Å². The van der Waals surface area contributed by atoms with Crippen LogP contribution < -0.4 is 5.32 Å². The van der Waals surface area contributed by atoms with E-state index >= 15 is 0 Å². The molecule has 0 aliphatic heterocycles. The van der Waals surface area contributed by atoms with E-state index in [0.29, 0.717) is 5.56 Å². The van der Waals surface area contributed by atoms with E-state index < -0.39 is 0 Å². The second kappa shape index (κ2) is 6.35. The van der Waals surface area contributed by atoms with Crippen LogP contribution in [0.2, 0.25) is 0 Å². The number of benzene rings is 2. The molecule has 0 atom stereocenters. The summed E-state index contributed by atoms with van der Waals surface area (Å²) < 4.78 is 0.940. The van der Waals surface area contributed by atoms with Gasteiger partial charge in [0, 0.05) is 21.1 Å². The van der Waals surface area contributed by atoms with Gasteiger partial charge in [-0.05, 0) is 42.3 Å². The summed E-state index contributed by atoms with van der Waals surface area (Å²) in [4.78, 5) is 12.2. The monoisotopic (exact) mass is 381 g/mol. The molecule has 0 heterocycles. The first-order valence-corrected chi connectivity index (χ1v) is 7.74. The number of halogens is 2. The van der Waals surface area contributed by atoms with Crippen molar-refractivity contribution in [1.82, 2.24) is 0 Å². The maximum absolute atomic E-state index is 12.2. The van der Waals surface area contributed by atoms with Crippen LogP contribution in [0, 0.1) is 6.92 Å². The second-order valence-electron chi connectivity index (χ2n) is 4.20. The fourth-order valence-electron chi connectivity index (χ4n) is 1.73. The Morgan fingerprint density at radius 1 is 1.16 bits per heavy atom. The normalized spacial score (nSPS) is 10.3. The zero-order valence-corrected chi connectivity index (χ0v) is 13.6. The molecular weight excluding hydrogens is 370 g/mol. The third-order valence-electron chi connectivity index (χ3n) is 2.88. The number of carbonyl (C=O) groups excluding carboxylic acids is 1. The van der Waals surface area contributed by atoms with Crippen molar-refractivity contribution in [3.63, 3.8) is 0 Å². The van der Waals surface area contributed by atoms with Crippen LogP contribution in [0.4, 0.5) is 5.69 Å². The molecule has 1 amide bonds. The minimum absolute atomic E-state index is 0.0922. The fourth-order valence-corrected chi connectivity index (χ4v) is 2.47. The van der Waals surface area contributed by atoms with Crippen LogP contribution in [0.5, 0.6) is 0 Å². The summed E-state index contributed by atoms with van der Waals surface area (Å²) in [6.07, 6.45) is 0. The fraction of sp³-hybridized carbons (Fsp3) is 0.133. The Kier molecular flexibility index (Phi) is 4.77. The molecule has 0 fully saturated rings. The van der Waals surface area contributed by atoms with E-state index in [1.807, 2.05) is 49.4 Å². The van der Waals surface area contributed by atoms with Crippen molar-refractivity contribution in [3.8, 4) is 0 Å². The lowest BCUT2D eigenvalue weighted by atomic mass is 10.1. The predicted octanol–water partition coefficient (Wildman–Crippen LogP) is 4.90. The number of nitrogens with one attached hydrogen (secondary N) is 1.